The number of carbonyl (C=O) groups is 4. The Morgan fingerprint density at radius 2 is 1.60 bits per heavy atom. The van der Waals surface area contributed by atoms with Crippen LogP contribution in [0.5, 0.6) is 0 Å². The van der Waals surface area contributed by atoms with Crippen molar-refractivity contribution in [3.63, 3.8) is 0 Å². The number of nitrogens with one attached hydrogen (secondary N) is 1. The highest BCUT2D eigenvalue weighted by atomic mass is 19.1. The molecule has 8 nitrogen and oxygen atoms in total. The van der Waals surface area contributed by atoms with Crippen molar-refractivity contribution in [2.24, 2.45) is 11.8 Å². The molecule has 3 aliphatic heterocycles. The molecule has 1 aromatic rings. The Hall–Kier alpha value is -2.65. The van der Waals surface area contributed by atoms with Crippen molar-refractivity contribution in [3.8, 4) is 0 Å². The quantitative estimate of drug-likeness (QED) is 0.619. The fourth-order valence-corrected chi connectivity index (χ4v) is 6.09. The molecule has 0 spiro atoms. The summed E-state index contributed by atoms with van der Waals surface area (Å²) in [6.07, 6.45) is 5.24. The van der Waals surface area contributed by atoms with Gasteiger partial charge in [-0.05, 0) is 74.5 Å². The lowest BCUT2D eigenvalue weighted by molar-refractivity contribution is -0.136. The van der Waals surface area contributed by atoms with Crippen molar-refractivity contribution >= 4 is 23.6 Å². The highest BCUT2D eigenvalue weighted by Crippen LogP contribution is 2.37. The van der Waals surface area contributed by atoms with Crippen LogP contribution in [0.25, 0.3) is 0 Å². The number of fused-ring (bicyclic) bond motifs is 1. The van der Waals surface area contributed by atoms with Crippen LogP contribution in [0.4, 0.5) is 4.39 Å². The smallest absolute Gasteiger partial charge is 0.262 e. The van der Waals surface area contributed by atoms with E-state index >= 15 is 0 Å². The number of hydrogen-bond acceptors (Lipinski definition) is 6. The summed E-state index contributed by atoms with van der Waals surface area (Å²) in [7, 11) is 0. The zero-order valence-electron chi connectivity index (χ0n) is 19.8. The third-order valence-corrected chi connectivity index (χ3v) is 8.36. The van der Waals surface area contributed by atoms with Gasteiger partial charge < -0.3 is 10.0 Å². The number of hydrogen-bond donors (Lipinski definition) is 2. The maximum atomic E-state index is 13.1. The molecule has 1 aromatic carbocycles. The predicted molar refractivity (Wildman–Crippen MR) is 124 cm³/mol. The summed E-state index contributed by atoms with van der Waals surface area (Å²) in [5, 5.41) is 13.6. The standard InChI is InChI=1S/C26H32FN3O5/c27-14-16-1-3-17(4-2-16)15-29-11-9-26(35,10-12-29)18-5-6-19-20(13-18)25(34)30(24(19)33)21-7-8-22(31)28-23(21)32/h5-6,13,16-17,21,35H,1-4,7-12,14-15H2,(H,28,31,32). The molecule has 35 heavy (non-hydrogen) atoms. The van der Waals surface area contributed by atoms with Crippen molar-refractivity contribution in [2.75, 3.05) is 26.3 Å². The predicted octanol–water partition coefficient (Wildman–Crippen LogP) is 2.15. The second-order valence-electron chi connectivity index (χ2n) is 10.6. The van der Waals surface area contributed by atoms with Gasteiger partial charge in [-0.15, -0.1) is 0 Å². The molecule has 188 valence electrons. The van der Waals surface area contributed by atoms with Crippen molar-refractivity contribution < 1.29 is 28.7 Å². The summed E-state index contributed by atoms with van der Waals surface area (Å²) >= 11 is 0. The molecule has 2 N–H and O–H groups in total. The third kappa shape index (κ3) is 4.51. The minimum Gasteiger partial charge on any atom is -0.385 e. The summed E-state index contributed by atoms with van der Waals surface area (Å²) in [6.45, 7) is 2.20. The fourth-order valence-electron chi connectivity index (χ4n) is 6.09. The Kier molecular flexibility index (Phi) is 6.48. The lowest BCUT2D eigenvalue weighted by Crippen LogP contribution is -2.54. The monoisotopic (exact) mass is 485 g/mol. The van der Waals surface area contributed by atoms with E-state index in [2.05, 4.69) is 10.2 Å². The molecule has 9 heteroatoms. The number of aliphatic hydroxyl groups is 1. The normalized spacial score (nSPS) is 29.3. The summed E-state index contributed by atoms with van der Waals surface area (Å²) in [4.78, 5) is 53.1. The van der Waals surface area contributed by atoms with E-state index < -0.39 is 35.3 Å². The van der Waals surface area contributed by atoms with Crippen LogP contribution in [-0.4, -0.2) is 70.9 Å². The molecule has 1 atom stereocenters. The number of likely N-dealkylation sites (tertiary alicyclic amines) is 1. The van der Waals surface area contributed by atoms with Crippen molar-refractivity contribution in [3.05, 3.63) is 34.9 Å². The average Bonchev–Trinajstić information content (AvgIpc) is 3.11. The van der Waals surface area contributed by atoms with Gasteiger partial charge in [0, 0.05) is 26.1 Å². The van der Waals surface area contributed by atoms with Crippen LogP contribution in [0.2, 0.25) is 0 Å². The first kappa shape index (κ1) is 24.1. The average molecular weight is 486 g/mol. The summed E-state index contributed by atoms with van der Waals surface area (Å²) in [5.74, 6) is -1.36. The van der Waals surface area contributed by atoms with E-state index in [1.807, 2.05) is 0 Å². The molecule has 4 amide bonds. The molecule has 0 aromatic heterocycles. The molecular weight excluding hydrogens is 453 g/mol. The summed E-state index contributed by atoms with van der Waals surface area (Å²) < 4.78 is 12.9. The zero-order chi connectivity index (χ0) is 24.7. The summed E-state index contributed by atoms with van der Waals surface area (Å²) in [6, 6.07) is 3.85. The van der Waals surface area contributed by atoms with E-state index in [1.165, 1.54) is 0 Å². The molecule has 2 saturated heterocycles. The van der Waals surface area contributed by atoms with E-state index in [4.69, 9.17) is 0 Å². The molecular formula is C26H32FN3O5. The van der Waals surface area contributed by atoms with Crippen LogP contribution in [0, 0.1) is 11.8 Å². The lowest BCUT2D eigenvalue weighted by Gasteiger charge is -2.40. The molecule has 1 unspecified atom stereocenters. The number of amides is 4. The van der Waals surface area contributed by atoms with Gasteiger partial charge in [0.2, 0.25) is 11.8 Å². The highest BCUT2D eigenvalue weighted by molar-refractivity contribution is 6.23. The topological polar surface area (TPSA) is 107 Å². The van der Waals surface area contributed by atoms with E-state index in [0.29, 0.717) is 24.3 Å². The number of piperidine rings is 2. The minimum absolute atomic E-state index is 0.0720. The van der Waals surface area contributed by atoms with Gasteiger partial charge in [0.05, 0.1) is 23.4 Å². The molecule has 1 saturated carbocycles. The molecule has 3 heterocycles. The van der Waals surface area contributed by atoms with Gasteiger partial charge in [0.15, 0.2) is 0 Å². The van der Waals surface area contributed by atoms with Crippen LogP contribution in [0.1, 0.15) is 77.6 Å². The SMILES string of the molecule is O=C1CCC(N2C(=O)c3ccc(C4(O)CCN(CC5CCC(CF)CC5)CC4)cc3C2=O)C(=O)N1. The number of nitrogens with zero attached hydrogens (tertiary/aromatic N) is 2. The van der Waals surface area contributed by atoms with E-state index in [1.54, 1.807) is 18.2 Å². The maximum absolute atomic E-state index is 13.1. The molecule has 4 aliphatic rings. The zero-order valence-corrected chi connectivity index (χ0v) is 19.8. The largest absolute Gasteiger partial charge is 0.385 e. The maximum Gasteiger partial charge on any atom is 0.262 e. The van der Waals surface area contributed by atoms with E-state index in [-0.39, 0.29) is 36.6 Å². The fraction of sp³-hybridized carbons (Fsp3) is 0.615. The van der Waals surface area contributed by atoms with Crippen molar-refractivity contribution in [2.45, 2.75) is 63.0 Å². The lowest BCUT2D eigenvalue weighted by atomic mass is 9.80. The first-order chi connectivity index (χ1) is 16.8. The number of alkyl halides is 1. The second-order valence-corrected chi connectivity index (χ2v) is 10.6. The Morgan fingerprint density at radius 3 is 2.26 bits per heavy atom. The van der Waals surface area contributed by atoms with Crippen LogP contribution >= 0.6 is 0 Å². The van der Waals surface area contributed by atoms with Gasteiger partial charge in [-0.2, -0.15) is 0 Å². The Labute approximate surface area is 203 Å². The number of benzene rings is 1. The minimum atomic E-state index is -1.09. The van der Waals surface area contributed by atoms with Gasteiger partial charge in [0.25, 0.3) is 11.8 Å². The Bertz CT molecular complexity index is 1040. The summed E-state index contributed by atoms with van der Waals surface area (Å²) in [5.41, 5.74) is -0.0836. The molecule has 1 aliphatic carbocycles. The number of rotatable bonds is 5. The van der Waals surface area contributed by atoms with Gasteiger partial charge in [0.1, 0.15) is 6.04 Å². The first-order valence-electron chi connectivity index (χ1n) is 12.7. The highest BCUT2D eigenvalue weighted by Gasteiger charge is 2.45. The van der Waals surface area contributed by atoms with Gasteiger partial charge in [-0.1, -0.05) is 6.07 Å². The van der Waals surface area contributed by atoms with Crippen molar-refractivity contribution in [1.82, 2.24) is 15.1 Å². The van der Waals surface area contributed by atoms with Crippen LogP contribution < -0.4 is 5.32 Å². The van der Waals surface area contributed by atoms with Crippen LogP contribution in [0.3, 0.4) is 0 Å². The van der Waals surface area contributed by atoms with Crippen LogP contribution in [-0.2, 0) is 15.2 Å². The van der Waals surface area contributed by atoms with Crippen molar-refractivity contribution in [1.29, 1.82) is 0 Å². The second kappa shape index (κ2) is 9.43. The Balaban J connectivity index is 1.24. The van der Waals surface area contributed by atoms with E-state index in [0.717, 1.165) is 50.2 Å². The molecule has 3 fully saturated rings. The van der Waals surface area contributed by atoms with E-state index in [9.17, 15) is 28.7 Å². The first-order valence-corrected chi connectivity index (χ1v) is 12.7. The Morgan fingerprint density at radius 1 is 0.943 bits per heavy atom. The van der Waals surface area contributed by atoms with Gasteiger partial charge in [-0.3, -0.25) is 33.8 Å². The number of halogens is 1. The molecule has 0 radical (unpaired) electrons. The van der Waals surface area contributed by atoms with Crippen LogP contribution in [0.15, 0.2) is 18.2 Å². The number of carbonyl (C=O) groups excluding carboxylic acids is 4. The van der Waals surface area contributed by atoms with Gasteiger partial charge >= 0.3 is 0 Å². The molecule has 5 rings (SSSR count). The third-order valence-electron chi connectivity index (χ3n) is 8.36. The molecule has 0 bridgehead atoms. The number of imide groups is 2. The van der Waals surface area contributed by atoms with Gasteiger partial charge in [-0.25, -0.2) is 0 Å².